The maximum absolute atomic E-state index is 13.7. The average molecular weight is 623 g/mol. The summed E-state index contributed by atoms with van der Waals surface area (Å²) in [6.07, 6.45) is 0.239. The van der Waals surface area contributed by atoms with E-state index in [0.29, 0.717) is 18.0 Å². The number of carbonyl (C=O) groups is 1. The van der Waals surface area contributed by atoms with Gasteiger partial charge in [-0.2, -0.15) is 0 Å². The van der Waals surface area contributed by atoms with Gasteiger partial charge in [0.1, 0.15) is 5.60 Å². The van der Waals surface area contributed by atoms with Crippen molar-refractivity contribution in [2.45, 2.75) is 84.4 Å². The summed E-state index contributed by atoms with van der Waals surface area (Å²) in [4.78, 5) is 18.6. The Morgan fingerprint density at radius 2 is 1.20 bits per heavy atom. The van der Waals surface area contributed by atoms with Crippen LogP contribution in [0, 0.1) is 0 Å². The van der Waals surface area contributed by atoms with Crippen LogP contribution in [-0.4, -0.2) is 47.7 Å². The fourth-order valence-corrected chi connectivity index (χ4v) is 6.00. The molecular formula is C40H50N2O4. The van der Waals surface area contributed by atoms with Crippen molar-refractivity contribution >= 4 is 5.97 Å². The highest BCUT2D eigenvalue weighted by Gasteiger charge is 2.35. The van der Waals surface area contributed by atoms with E-state index in [9.17, 15) is 4.79 Å². The number of benzene rings is 4. The summed E-state index contributed by atoms with van der Waals surface area (Å²) in [5.74, 6) is 1.16. The Balaban J connectivity index is 1.81. The molecule has 244 valence electrons. The Hall–Kier alpha value is -4.13. The molecule has 0 spiro atoms. The van der Waals surface area contributed by atoms with E-state index < -0.39 is 5.60 Å². The van der Waals surface area contributed by atoms with Crippen LogP contribution in [0.1, 0.15) is 69.3 Å². The lowest BCUT2D eigenvalue weighted by molar-refractivity contribution is -0.157. The fourth-order valence-electron chi connectivity index (χ4n) is 6.00. The van der Waals surface area contributed by atoms with Gasteiger partial charge >= 0.3 is 5.97 Å². The van der Waals surface area contributed by atoms with Crippen LogP contribution in [0.4, 0.5) is 0 Å². The van der Waals surface area contributed by atoms with E-state index in [2.05, 4.69) is 103 Å². The minimum absolute atomic E-state index is 0.000478. The smallest absolute Gasteiger partial charge is 0.307 e. The molecule has 0 unspecified atom stereocenters. The molecule has 0 radical (unpaired) electrons. The summed E-state index contributed by atoms with van der Waals surface area (Å²) in [6, 6.07) is 37.4. The lowest BCUT2D eigenvalue weighted by atomic mass is 9.95. The molecule has 0 aliphatic carbocycles. The second-order valence-electron chi connectivity index (χ2n) is 12.9. The third kappa shape index (κ3) is 9.93. The highest BCUT2D eigenvalue weighted by molar-refractivity contribution is 5.70. The SMILES string of the molecule is COc1ccc(CN([C@H](CC(=O)OC(C)(C)C)[C@@H](C)N(Cc2ccccc2)Cc2ccccc2)[C@@H](C)c2ccccc2)cc1OC. The Kier molecular flexibility index (Phi) is 12.4. The number of carbonyl (C=O) groups excluding carboxylic acids is 1. The molecule has 0 bridgehead atoms. The minimum atomic E-state index is -0.585. The summed E-state index contributed by atoms with van der Waals surface area (Å²) >= 11 is 0. The van der Waals surface area contributed by atoms with Crippen molar-refractivity contribution in [2.75, 3.05) is 14.2 Å². The topological polar surface area (TPSA) is 51.2 Å². The van der Waals surface area contributed by atoms with Crippen molar-refractivity contribution in [3.05, 3.63) is 131 Å². The standard InChI is InChI=1S/C40H50N2O4/c1-30(35-21-15-10-16-22-35)42(29-34-23-24-37(44-6)38(25-34)45-7)36(26-39(43)46-40(3,4)5)31(2)41(27-32-17-11-8-12-18-32)28-33-19-13-9-14-20-33/h8-25,30-31,36H,26-29H2,1-7H3/t30-,31+,36+/m0/s1. The number of methoxy groups -OCH3 is 2. The zero-order chi connectivity index (χ0) is 33.1. The Morgan fingerprint density at radius 3 is 1.70 bits per heavy atom. The summed E-state index contributed by atoms with van der Waals surface area (Å²) < 4.78 is 17.2. The normalized spacial score (nSPS) is 13.7. The molecule has 4 rings (SSSR count). The molecule has 6 nitrogen and oxygen atoms in total. The van der Waals surface area contributed by atoms with Gasteiger partial charge in [0.25, 0.3) is 0 Å². The maximum atomic E-state index is 13.7. The van der Waals surface area contributed by atoms with Gasteiger partial charge in [-0.05, 0) is 69.0 Å². The third-order valence-electron chi connectivity index (χ3n) is 8.40. The van der Waals surface area contributed by atoms with Gasteiger partial charge < -0.3 is 14.2 Å². The Labute approximate surface area is 275 Å². The van der Waals surface area contributed by atoms with Gasteiger partial charge in [-0.1, -0.05) is 97.1 Å². The zero-order valence-electron chi connectivity index (χ0n) is 28.5. The van der Waals surface area contributed by atoms with Crippen LogP contribution in [0.2, 0.25) is 0 Å². The number of ether oxygens (including phenoxy) is 3. The van der Waals surface area contributed by atoms with Crippen molar-refractivity contribution in [1.82, 2.24) is 9.80 Å². The molecule has 0 heterocycles. The van der Waals surface area contributed by atoms with Gasteiger partial charge in [0.15, 0.2) is 11.5 Å². The predicted octanol–water partition coefficient (Wildman–Crippen LogP) is 8.46. The van der Waals surface area contributed by atoms with E-state index in [1.54, 1.807) is 14.2 Å². The number of hydrogen-bond acceptors (Lipinski definition) is 6. The van der Waals surface area contributed by atoms with Crippen molar-refractivity contribution in [2.24, 2.45) is 0 Å². The molecule has 0 fully saturated rings. The first-order chi connectivity index (χ1) is 22.1. The molecule has 0 aliphatic rings. The van der Waals surface area contributed by atoms with Gasteiger partial charge in [-0.15, -0.1) is 0 Å². The molecule has 3 atom stereocenters. The van der Waals surface area contributed by atoms with Gasteiger partial charge in [0, 0.05) is 37.8 Å². The van der Waals surface area contributed by atoms with Gasteiger partial charge in [0.05, 0.1) is 20.6 Å². The molecule has 0 aromatic heterocycles. The summed E-state index contributed by atoms with van der Waals surface area (Å²) in [7, 11) is 3.30. The first-order valence-electron chi connectivity index (χ1n) is 16.1. The maximum Gasteiger partial charge on any atom is 0.307 e. The van der Waals surface area contributed by atoms with Crippen molar-refractivity contribution in [1.29, 1.82) is 0 Å². The number of nitrogens with zero attached hydrogens (tertiary/aromatic N) is 2. The Morgan fingerprint density at radius 1 is 0.674 bits per heavy atom. The van der Waals surface area contributed by atoms with Crippen LogP contribution in [0.15, 0.2) is 109 Å². The first-order valence-corrected chi connectivity index (χ1v) is 16.1. The molecule has 4 aromatic carbocycles. The summed E-state index contributed by atoms with van der Waals surface area (Å²) in [5.41, 5.74) is 4.12. The Bertz CT molecular complexity index is 1450. The van der Waals surface area contributed by atoms with Crippen LogP contribution < -0.4 is 9.47 Å². The second kappa shape index (κ2) is 16.4. The van der Waals surface area contributed by atoms with Crippen molar-refractivity contribution in [3.63, 3.8) is 0 Å². The molecule has 0 saturated heterocycles. The number of rotatable bonds is 15. The van der Waals surface area contributed by atoms with Crippen LogP contribution >= 0.6 is 0 Å². The van der Waals surface area contributed by atoms with Crippen LogP contribution in [-0.2, 0) is 29.2 Å². The van der Waals surface area contributed by atoms with Crippen molar-refractivity contribution in [3.8, 4) is 11.5 Å². The van der Waals surface area contributed by atoms with Crippen LogP contribution in [0.5, 0.6) is 11.5 Å². The molecule has 0 N–H and O–H groups in total. The predicted molar refractivity (Wildman–Crippen MR) is 186 cm³/mol. The largest absolute Gasteiger partial charge is 0.493 e. The highest BCUT2D eigenvalue weighted by Crippen LogP contribution is 2.33. The molecule has 46 heavy (non-hydrogen) atoms. The summed E-state index contributed by atoms with van der Waals surface area (Å²) in [6.45, 7) is 12.3. The number of hydrogen-bond donors (Lipinski definition) is 0. The third-order valence-corrected chi connectivity index (χ3v) is 8.40. The van der Waals surface area contributed by atoms with Gasteiger partial charge in [-0.3, -0.25) is 14.6 Å². The van der Waals surface area contributed by atoms with Gasteiger partial charge in [0.2, 0.25) is 0 Å². The van der Waals surface area contributed by atoms with Crippen LogP contribution in [0.3, 0.4) is 0 Å². The lowest BCUT2D eigenvalue weighted by Crippen LogP contribution is -2.51. The second-order valence-corrected chi connectivity index (χ2v) is 12.9. The van der Waals surface area contributed by atoms with E-state index in [1.807, 2.05) is 51.1 Å². The molecule has 4 aromatic rings. The minimum Gasteiger partial charge on any atom is -0.493 e. The average Bonchev–Trinajstić information content (AvgIpc) is 3.05. The van der Waals surface area contributed by atoms with E-state index >= 15 is 0 Å². The lowest BCUT2D eigenvalue weighted by Gasteiger charge is -2.44. The van der Waals surface area contributed by atoms with Crippen molar-refractivity contribution < 1.29 is 19.0 Å². The van der Waals surface area contributed by atoms with E-state index in [1.165, 1.54) is 16.7 Å². The molecule has 0 aliphatic heterocycles. The first kappa shape index (κ1) is 34.7. The molecule has 0 saturated carbocycles. The molecule has 6 heteroatoms. The highest BCUT2D eigenvalue weighted by atomic mass is 16.6. The molecule has 0 amide bonds. The van der Waals surface area contributed by atoms with E-state index in [0.717, 1.165) is 18.7 Å². The monoisotopic (exact) mass is 622 g/mol. The quantitative estimate of drug-likeness (QED) is 0.124. The van der Waals surface area contributed by atoms with Gasteiger partial charge in [-0.25, -0.2) is 0 Å². The number of esters is 1. The zero-order valence-corrected chi connectivity index (χ0v) is 28.5. The van der Waals surface area contributed by atoms with E-state index in [-0.39, 0.29) is 30.5 Å². The summed E-state index contributed by atoms with van der Waals surface area (Å²) in [5, 5.41) is 0. The van der Waals surface area contributed by atoms with Crippen LogP contribution in [0.25, 0.3) is 0 Å². The molecular weight excluding hydrogens is 572 g/mol. The fraction of sp³-hybridized carbons (Fsp3) is 0.375. The van der Waals surface area contributed by atoms with E-state index in [4.69, 9.17) is 14.2 Å².